The number of benzene rings is 2. The molecule has 0 spiro atoms. The first-order valence-corrected chi connectivity index (χ1v) is 7.89. The van der Waals surface area contributed by atoms with Crippen LogP contribution in [0.5, 0.6) is 5.75 Å². The summed E-state index contributed by atoms with van der Waals surface area (Å²) in [5.41, 5.74) is 1.66. The minimum absolute atomic E-state index is 0.112. The first-order chi connectivity index (χ1) is 12.2. The van der Waals surface area contributed by atoms with Gasteiger partial charge in [-0.15, -0.1) is 0 Å². The number of rotatable bonds is 3. The van der Waals surface area contributed by atoms with E-state index >= 15 is 0 Å². The maximum Gasteiger partial charge on any atom is 0.270 e. The van der Waals surface area contributed by atoms with Gasteiger partial charge in [0, 0.05) is 5.69 Å². The van der Waals surface area contributed by atoms with E-state index in [0.717, 1.165) is 5.69 Å². The lowest BCUT2D eigenvalue weighted by Crippen LogP contribution is -2.47. The summed E-state index contributed by atoms with van der Waals surface area (Å²) in [5.74, 6) is 0.0241. The molecule has 0 saturated carbocycles. The Morgan fingerprint density at radius 2 is 1.88 bits per heavy atom. The third-order valence-corrected chi connectivity index (χ3v) is 4.09. The van der Waals surface area contributed by atoms with Crippen molar-refractivity contribution in [3.05, 3.63) is 78.4 Å². The Morgan fingerprint density at radius 3 is 2.72 bits per heavy atom. The van der Waals surface area contributed by atoms with E-state index in [0.29, 0.717) is 17.0 Å². The quantitative estimate of drug-likeness (QED) is 0.798. The van der Waals surface area contributed by atoms with E-state index in [-0.39, 0.29) is 18.3 Å². The maximum absolute atomic E-state index is 12.6. The van der Waals surface area contributed by atoms with Gasteiger partial charge in [0.15, 0.2) is 5.78 Å². The summed E-state index contributed by atoms with van der Waals surface area (Å²) in [7, 11) is 0. The zero-order chi connectivity index (χ0) is 17.2. The molecule has 3 aromatic rings. The monoisotopic (exact) mass is 333 g/mol. The normalized spacial score (nSPS) is 16.0. The van der Waals surface area contributed by atoms with Gasteiger partial charge in [0.25, 0.3) is 5.91 Å². The standard InChI is InChI=1S/C19H15N3O3/c23-18-14-8-4-5-9-17(14)25-11-15(18)21-19(24)16-10-20-12-22(16)13-6-2-1-3-7-13/h1-10,12,15H,11H2,(H,21,24)/t15-/m1/s1. The van der Waals surface area contributed by atoms with E-state index in [4.69, 9.17) is 4.74 Å². The number of hydrogen-bond acceptors (Lipinski definition) is 4. The summed E-state index contributed by atoms with van der Waals surface area (Å²) in [6.45, 7) is 0.112. The van der Waals surface area contributed by atoms with E-state index in [2.05, 4.69) is 10.3 Å². The molecule has 2 aromatic carbocycles. The number of carbonyl (C=O) groups is 2. The van der Waals surface area contributed by atoms with Crippen LogP contribution in [0.2, 0.25) is 0 Å². The Morgan fingerprint density at radius 1 is 1.12 bits per heavy atom. The van der Waals surface area contributed by atoms with Crippen LogP contribution in [-0.4, -0.2) is 33.9 Å². The summed E-state index contributed by atoms with van der Waals surface area (Å²) in [5, 5.41) is 2.75. The molecule has 0 bridgehead atoms. The second kappa shape index (κ2) is 6.24. The Hall–Kier alpha value is -3.41. The van der Waals surface area contributed by atoms with Crippen LogP contribution in [0, 0.1) is 0 Å². The molecule has 0 saturated heterocycles. The third kappa shape index (κ3) is 2.78. The molecule has 1 aromatic heterocycles. The Bertz CT molecular complexity index is 934. The molecule has 0 radical (unpaired) electrons. The van der Waals surface area contributed by atoms with E-state index in [1.807, 2.05) is 36.4 Å². The number of amides is 1. The molecular formula is C19H15N3O3. The molecule has 4 rings (SSSR count). The van der Waals surface area contributed by atoms with Crippen LogP contribution in [0.3, 0.4) is 0 Å². The molecule has 1 amide bonds. The molecule has 0 unspecified atom stereocenters. The van der Waals surface area contributed by atoms with Crippen molar-refractivity contribution >= 4 is 11.7 Å². The summed E-state index contributed by atoms with van der Waals surface area (Å²) < 4.78 is 7.26. The number of carbonyl (C=O) groups excluding carboxylic acids is 2. The van der Waals surface area contributed by atoms with Crippen molar-refractivity contribution in [2.75, 3.05) is 6.61 Å². The highest BCUT2D eigenvalue weighted by molar-refractivity contribution is 6.06. The lowest BCUT2D eigenvalue weighted by atomic mass is 10.0. The molecule has 6 nitrogen and oxygen atoms in total. The van der Waals surface area contributed by atoms with E-state index in [9.17, 15) is 9.59 Å². The Balaban J connectivity index is 1.56. The van der Waals surface area contributed by atoms with Gasteiger partial charge in [0.2, 0.25) is 0 Å². The number of ether oxygens (including phenoxy) is 1. The van der Waals surface area contributed by atoms with Gasteiger partial charge in [-0.2, -0.15) is 0 Å². The average Bonchev–Trinajstić information content (AvgIpc) is 3.15. The van der Waals surface area contributed by atoms with Crippen molar-refractivity contribution in [3.63, 3.8) is 0 Å². The molecule has 0 aliphatic carbocycles. The molecule has 124 valence electrons. The molecule has 1 aliphatic heterocycles. The zero-order valence-corrected chi connectivity index (χ0v) is 13.3. The Labute approximate surface area is 144 Å². The van der Waals surface area contributed by atoms with Crippen LogP contribution in [0.4, 0.5) is 0 Å². The van der Waals surface area contributed by atoms with Crippen LogP contribution in [0.1, 0.15) is 20.8 Å². The van der Waals surface area contributed by atoms with Crippen LogP contribution in [0.15, 0.2) is 67.1 Å². The second-order valence-corrected chi connectivity index (χ2v) is 5.68. The van der Waals surface area contributed by atoms with Crippen LogP contribution in [0.25, 0.3) is 5.69 Å². The summed E-state index contributed by atoms with van der Waals surface area (Å²) in [6.07, 6.45) is 3.04. The van der Waals surface area contributed by atoms with Gasteiger partial charge in [-0.05, 0) is 24.3 Å². The van der Waals surface area contributed by atoms with Gasteiger partial charge >= 0.3 is 0 Å². The number of ketones is 1. The number of para-hydroxylation sites is 2. The summed E-state index contributed by atoms with van der Waals surface area (Å²) in [6, 6.07) is 15.7. The van der Waals surface area contributed by atoms with Crippen molar-refractivity contribution in [3.8, 4) is 11.4 Å². The zero-order valence-electron chi connectivity index (χ0n) is 13.3. The number of hydrogen-bond donors (Lipinski definition) is 1. The van der Waals surface area contributed by atoms with Gasteiger partial charge in [-0.3, -0.25) is 14.2 Å². The van der Waals surface area contributed by atoms with E-state index in [1.165, 1.54) is 6.20 Å². The van der Waals surface area contributed by atoms with Crippen LogP contribution < -0.4 is 10.1 Å². The molecule has 1 atom stereocenters. The predicted octanol–water partition coefficient (Wildman–Crippen LogP) is 2.25. The lowest BCUT2D eigenvalue weighted by Gasteiger charge is -2.24. The number of nitrogens with one attached hydrogen (secondary N) is 1. The lowest BCUT2D eigenvalue weighted by molar-refractivity contribution is 0.0792. The average molecular weight is 333 g/mol. The minimum Gasteiger partial charge on any atom is -0.490 e. The number of imidazole rings is 1. The third-order valence-electron chi connectivity index (χ3n) is 4.09. The fourth-order valence-electron chi connectivity index (χ4n) is 2.83. The Kier molecular flexibility index (Phi) is 3.78. The van der Waals surface area contributed by atoms with Crippen molar-refractivity contribution in [2.24, 2.45) is 0 Å². The second-order valence-electron chi connectivity index (χ2n) is 5.68. The highest BCUT2D eigenvalue weighted by Gasteiger charge is 2.30. The molecule has 25 heavy (non-hydrogen) atoms. The fraction of sp³-hybridized carbons (Fsp3) is 0.105. The van der Waals surface area contributed by atoms with Gasteiger partial charge in [0.05, 0.1) is 18.1 Å². The van der Waals surface area contributed by atoms with Gasteiger partial charge in [-0.1, -0.05) is 30.3 Å². The summed E-state index contributed by atoms with van der Waals surface area (Å²) in [4.78, 5) is 29.3. The first-order valence-electron chi connectivity index (χ1n) is 7.89. The number of fused-ring (bicyclic) bond motifs is 1. The molecule has 1 N–H and O–H groups in total. The van der Waals surface area contributed by atoms with Crippen molar-refractivity contribution in [1.82, 2.24) is 14.9 Å². The smallest absolute Gasteiger partial charge is 0.270 e. The summed E-state index contributed by atoms with van der Waals surface area (Å²) >= 11 is 0. The maximum atomic E-state index is 12.6. The van der Waals surface area contributed by atoms with Gasteiger partial charge < -0.3 is 10.1 Å². The minimum atomic E-state index is -0.721. The number of Topliss-reactive ketones (excluding diaryl/α,β-unsaturated/α-hetero) is 1. The molecular weight excluding hydrogens is 318 g/mol. The van der Waals surface area contributed by atoms with Crippen LogP contribution in [-0.2, 0) is 0 Å². The topological polar surface area (TPSA) is 73.2 Å². The van der Waals surface area contributed by atoms with Crippen LogP contribution >= 0.6 is 0 Å². The number of aromatic nitrogens is 2. The predicted molar refractivity (Wildman–Crippen MR) is 91.1 cm³/mol. The highest BCUT2D eigenvalue weighted by Crippen LogP contribution is 2.24. The molecule has 6 heteroatoms. The molecule has 1 aliphatic rings. The van der Waals surface area contributed by atoms with Gasteiger partial charge in [0.1, 0.15) is 24.1 Å². The van der Waals surface area contributed by atoms with E-state index < -0.39 is 6.04 Å². The largest absolute Gasteiger partial charge is 0.490 e. The number of nitrogens with zero attached hydrogens (tertiary/aromatic N) is 2. The molecule has 0 fully saturated rings. The van der Waals surface area contributed by atoms with Gasteiger partial charge in [-0.25, -0.2) is 4.98 Å². The highest BCUT2D eigenvalue weighted by atomic mass is 16.5. The fourth-order valence-corrected chi connectivity index (χ4v) is 2.83. The molecule has 2 heterocycles. The van der Waals surface area contributed by atoms with Crippen molar-refractivity contribution < 1.29 is 14.3 Å². The first kappa shape index (κ1) is 15.1. The SMILES string of the molecule is O=C(N[C@@H]1COc2ccccc2C1=O)c1cncn1-c1ccccc1. The van der Waals surface area contributed by atoms with Crippen molar-refractivity contribution in [1.29, 1.82) is 0 Å². The van der Waals surface area contributed by atoms with Crippen molar-refractivity contribution in [2.45, 2.75) is 6.04 Å². The van der Waals surface area contributed by atoms with E-state index in [1.54, 1.807) is 29.1 Å².